The van der Waals surface area contributed by atoms with Gasteiger partial charge in [-0.3, -0.25) is 15.4 Å². The van der Waals surface area contributed by atoms with Crippen LogP contribution in [0.25, 0.3) is 0 Å². The number of nitrogens with zero attached hydrogens (tertiary/aromatic N) is 3. The van der Waals surface area contributed by atoms with Gasteiger partial charge in [0.15, 0.2) is 11.4 Å². The van der Waals surface area contributed by atoms with Crippen LogP contribution in [0.1, 0.15) is 0 Å². The van der Waals surface area contributed by atoms with Crippen LogP contribution in [0, 0.1) is 21.6 Å². The number of hydrogen-bond donors (Lipinski definition) is 2. The Balaban J connectivity index is 3.23. The molecule has 18 heavy (non-hydrogen) atoms. The van der Waals surface area contributed by atoms with E-state index in [4.69, 9.17) is 5.26 Å². The number of nitro groups is 1. The molecule has 1 aromatic rings. The zero-order valence-corrected chi connectivity index (χ0v) is 10.6. The number of amidine groups is 1. The van der Waals surface area contributed by atoms with Crippen LogP contribution in [0.2, 0.25) is 0 Å². The van der Waals surface area contributed by atoms with Gasteiger partial charge >= 0.3 is 0 Å². The first-order valence-electron chi connectivity index (χ1n) is 4.86. The van der Waals surface area contributed by atoms with Crippen LogP contribution in [0.15, 0.2) is 23.2 Å². The lowest BCUT2D eigenvalue weighted by atomic mass is 10.2. The van der Waals surface area contributed by atoms with Gasteiger partial charge in [-0.15, -0.1) is 0 Å². The Labute approximate surface area is 108 Å². The number of hydrogen-bond acceptors (Lipinski definition) is 6. The number of non-ortho nitro benzene ring substituents is 1. The summed E-state index contributed by atoms with van der Waals surface area (Å²) >= 11 is 1.24. The Morgan fingerprint density at radius 3 is 2.83 bits per heavy atom. The average Bonchev–Trinajstić information content (AvgIpc) is 2.37. The molecule has 0 fully saturated rings. The maximum absolute atomic E-state index is 10.7. The molecule has 1 rings (SSSR count). The molecule has 0 atom stereocenters. The third kappa shape index (κ3) is 3.36. The van der Waals surface area contributed by atoms with E-state index in [9.17, 15) is 10.1 Å². The number of aliphatic imine (C=N–C) groups is 1. The molecular formula is C10H11N5O2S. The van der Waals surface area contributed by atoms with Crippen molar-refractivity contribution in [3.05, 3.63) is 28.3 Å². The monoisotopic (exact) mass is 265 g/mol. The SMILES string of the molecule is CNc1ccc([N+](=O)[O-])cc1N=C(NC#N)SC. The van der Waals surface area contributed by atoms with Crippen LogP contribution in [0.4, 0.5) is 17.1 Å². The molecule has 0 radical (unpaired) electrons. The summed E-state index contributed by atoms with van der Waals surface area (Å²) in [7, 11) is 1.69. The van der Waals surface area contributed by atoms with Gasteiger partial charge in [0, 0.05) is 19.2 Å². The predicted octanol–water partition coefficient (Wildman–Crippen LogP) is 2.06. The molecule has 0 aromatic heterocycles. The standard InChI is InChI=1S/C10H11N5O2S/c1-12-8-4-3-7(15(16)17)5-9(8)14-10(18-2)13-6-11/h3-5,12H,1-2H3,(H,13,14). The predicted molar refractivity (Wildman–Crippen MR) is 72.0 cm³/mol. The number of benzene rings is 1. The lowest BCUT2D eigenvalue weighted by Gasteiger charge is -2.06. The number of anilines is 1. The van der Waals surface area contributed by atoms with Gasteiger partial charge < -0.3 is 5.32 Å². The zero-order chi connectivity index (χ0) is 13.5. The minimum atomic E-state index is -0.491. The van der Waals surface area contributed by atoms with E-state index in [1.807, 2.05) is 0 Å². The largest absolute Gasteiger partial charge is 0.386 e. The van der Waals surface area contributed by atoms with Gasteiger partial charge in [0.05, 0.1) is 16.3 Å². The fourth-order valence-corrected chi connectivity index (χ4v) is 1.56. The van der Waals surface area contributed by atoms with Crippen molar-refractivity contribution in [2.24, 2.45) is 4.99 Å². The van der Waals surface area contributed by atoms with Gasteiger partial charge in [-0.05, 0) is 12.3 Å². The zero-order valence-electron chi connectivity index (χ0n) is 9.80. The molecule has 0 saturated carbocycles. The third-order valence-corrected chi connectivity index (χ3v) is 2.62. The Bertz CT molecular complexity index is 523. The molecule has 0 aliphatic rings. The van der Waals surface area contributed by atoms with Crippen LogP contribution < -0.4 is 10.6 Å². The molecule has 0 heterocycles. The molecule has 2 N–H and O–H groups in total. The molecule has 0 aliphatic carbocycles. The smallest absolute Gasteiger partial charge is 0.271 e. The van der Waals surface area contributed by atoms with Crippen LogP contribution in [0.5, 0.6) is 0 Å². The minimum Gasteiger partial charge on any atom is -0.386 e. The molecular weight excluding hydrogens is 254 g/mol. The molecule has 7 nitrogen and oxygen atoms in total. The van der Waals surface area contributed by atoms with E-state index < -0.39 is 4.92 Å². The first-order chi connectivity index (χ1) is 8.62. The first kappa shape index (κ1) is 13.8. The Kier molecular flexibility index (Phi) is 4.95. The summed E-state index contributed by atoms with van der Waals surface area (Å²) in [5.74, 6) is 0. The van der Waals surface area contributed by atoms with Crippen molar-refractivity contribution in [1.82, 2.24) is 5.32 Å². The van der Waals surface area contributed by atoms with E-state index in [1.54, 1.807) is 25.6 Å². The molecule has 8 heteroatoms. The Morgan fingerprint density at radius 1 is 1.61 bits per heavy atom. The van der Waals surface area contributed by atoms with Gasteiger partial charge in [-0.1, -0.05) is 11.8 Å². The molecule has 94 valence electrons. The highest BCUT2D eigenvalue weighted by Gasteiger charge is 2.10. The summed E-state index contributed by atoms with van der Waals surface area (Å²) in [5.41, 5.74) is 0.996. The normalized spacial score (nSPS) is 10.6. The van der Waals surface area contributed by atoms with E-state index in [1.165, 1.54) is 23.9 Å². The summed E-state index contributed by atoms with van der Waals surface area (Å²) in [6.45, 7) is 0. The van der Waals surface area contributed by atoms with E-state index in [0.29, 0.717) is 16.5 Å². The fourth-order valence-electron chi connectivity index (χ4n) is 1.22. The summed E-state index contributed by atoms with van der Waals surface area (Å²) in [6.07, 6.45) is 3.51. The van der Waals surface area contributed by atoms with Crippen molar-refractivity contribution in [3.8, 4) is 6.19 Å². The molecule has 1 aromatic carbocycles. The van der Waals surface area contributed by atoms with Crippen LogP contribution >= 0.6 is 11.8 Å². The van der Waals surface area contributed by atoms with E-state index in [2.05, 4.69) is 15.6 Å². The third-order valence-electron chi connectivity index (χ3n) is 2.04. The highest BCUT2D eigenvalue weighted by atomic mass is 32.2. The average molecular weight is 265 g/mol. The summed E-state index contributed by atoms with van der Waals surface area (Å²) in [6, 6.07) is 4.31. The van der Waals surface area contributed by atoms with Crippen molar-refractivity contribution in [2.45, 2.75) is 0 Å². The van der Waals surface area contributed by atoms with E-state index >= 15 is 0 Å². The molecule has 0 aliphatic heterocycles. The minimum absolute atomic E-state index is 0.0508. The summed E-state index contributed by atoms with van der Waals surface area (Å²) in [4.78, 5) is 14.4. The number of rotatable bonds is 3. The van der Waals surface area contributed by atoms with Gasteiger partial charge in [0.25, 0.3) is 5.69 Å². The maximum Gasteiger partial charge on any atom is 0.271 e. The topological polar surface area (TPSA) is 103 Å². The Morgan fingerprint density at radius 2 is 2.33 bits per heavy atom. The summed E-state index contributed by atoms with van der Waals surface area (Å²) < 4.78 is 0. The van der Waals surface area contributed by atoms with Crippen LogP contribution in [0.3, 0.4) is 0 Å². The van der Waals surface area contributed by atoms with Crippen molar-refractivity contribution in [1.29, 1.82) is 5.26 Å². The van der Waals surface area contributed by atoms with E-state index in [-0.39, 0.29) is 5.69 Å². The van der Waals surface area contributed by atoms with Crippen molar-refractivity contribution in [2.75, 3.05) is 18.6 Å². The molecule has 0 unspecified atom stereocenters. The van der Waals surface area contributed by atoms with Crippen LogP contribution in [-0.4, -0.2) is 23.4 Å². The van der Waals surface area contributed by atoms with Gasteiger partial charge in [-0.25, -0.2) is 4.99 Å². The molecule has 0 amide bonds. The van der Waals surface area contributed by atoms with Gasteiger partial charge in [-0.2, -0.15) is 5.26 Å². The Hall–Kier alpha value is -2.27. The number of thioether (sulfide) groups is 1. The second-order valence-corrected chi connectivity index (χ2v) is 3.86. The number of nitro benzene ring substituents is 1. The van der Waals surface area contributed by atoms with Crippen molar-refractivity contribution < 1.29 is 4.92 Å². The quantitative estimate of drug-likeness (QED) is 0.216. The maximum atomic E-state index is 10.7. The first-order valence-corrected chi connectivity index (χ1v) is 6.08. The molecule has 0 saturated heterocycles. The number of nitriles is 1. The van der Waals surface area contributed by atoms with E-state index in [0.717, 1.165) is 0 Å². The lowest BCUT2D eigenvalue weighted by molar-refractivity contribution is -0.384. The highest BCUT2D eigenvalue weighted by molar-refractivity contribution is 8.13. The van der Waals surface area contributed by atoms with Gasteiger partial charge in [0.1, 0.15) is 0 Å². The van der Waals surface area contributed by atoms with Crippen LogP contribution in [-0.2, 0) is 0 Å². The highest BCUT2D eigenvalue weighted by Crippen LogP contribution is 2.29. The second kappa shape index (κ2) is 6.46. The second-order valence-electron chi connectivity index (χ2n) is 3.07. The van der Waals surface area contributed by atoms with Gasteiger partial charge in [0.2, 0.25) is 0 Å². The fraction of sp³-hybridized carbons (Fsp3) is 0.200. The lowest BCUT2D eigenvalue weighted by Crippen LogP contribution is -2.12. The molecule has 0 bridgehead atoms. The molecule has 0 spiro atoms. The number of nitrogens with one attached hydrogen (secondary N) is 2. The van der Waals surface area contributed by atoms with Crippen molar-refractivity contribution in [3.63, 3.8) is 0 Å². The summed E-state index contributed by atoms with van der Waals surface area (Å²) in [5, 5.41) is 24.9. The van der Waals surface area contributed by atoms with Crippen molar-refractivity contribution >= 4 is 34.0 Å².